The zero-order valence-corrected chi connectivity index (χ0v) is 8.61. The molecule has 0 radical (unpaired) electrons. The number of hydrogen-bond donors (Lipinski definition) is 1. The molecule has 5 nitrogen and oxygen atoms in total. The van der Waals surface area contributed by atoms with E-state index in [1.54, 1.807) is 4.90 Å². The van der Waals surface area contributed by atoms with Crippen molar-refractivity contribution in [2.75, 3.05) is 19.6 Å². The first-order valence-electron chi connectivity index (χ1n) is 5.63. The fraction of sp³-hybridized carbons (Fsp3) is 0.800. The third-order valence-corrected chi connectivity index (χ3v) is 3.66. The van der Waals surface area contributed by atoms with E-state index in [0.29, 0.717) is 13.1 Å². The lowest BCUT2D eigenvalue weighted by Gasteiger charge is -2.32. The zero-order chi connectivity index (χ0) is 10.4. The fourth-order valence-corrected chi connectivity index (χ4v) is 2.53. The van der Waals surface area contributed by atoms with E-state index in [9.17, 15) is 9.59 Å². The van der Waals surface area contributed by atoms with Crippen LogP contribution >= 0.6 is 0 Å². The maximum atomic E-state index is 12.0. The molecule has 0 bridgehead atoms. The first-order valence-corrected chi connectivity index (χ1v) is 5.63. The molecule has 0 aromatic heterocycles. The van der Waals surface area contributed by atoms with Crippen molar-refractivity contribution in [3.63, 3.8) is 0 Å². The van der Waals surface area contributed by atoms with Crippen molar-refractivity contribution in [1.82, 2.24) is 15.1 Å². The van der Waals surface area contributed by atoms with Gasteiger partial charge in [0.05, 0.1) is 0 Å². The zero-order valence-electron chi connectivity index (χ0n) is 8.61. The summed E-state index contributed by atoms with van der Waals surface area (Å²) in [5, 5.41) is 3.16. The molecule has 2 heterocycles. The summed E-state index contributed by atoms with van der Waals surface area (Å²) in [4.78, 5) is 27.2. The number of carbonyl (C=O) groups excluding carboxylic acids is 2. The number of nitrogens with one attached hydrogen (secondary N) is 1. The van der Waals surface area contributed by atoms with Crippen molar-refractivity contribution in [2.24, 2.45) is 0 Å². The van der Waals surface area contributed by atoms with Gasteiger partial charge in [-0.3, -0.25) is 9.69 Å². The second-order valence-corrected chi connectivity index (χ2v) is 4.49. The Morgan fingerprint density at radius 1 is 1.27 bits per heavy atom. The summed E-state index contributed by atoms with van der Waals surface area (Å²) in [5.74, 6) is 0.0110. The van der Waals surface area contributed by atoms with Crippen molar-refractivity contribution >= 4 is 11.9 Å². The van der Waals surface area contributed by atoms with Crippen molar-refractivity contribution in [2.45, 2.75) is 31.3 Å². The lowest BCUT2D eigenvalue weighted by atomic mass is 9.91. The van der Waals surface area contributed by atoms with Crippen LogP contribution < -0.4 is 5.32 Å². The number of urea groups is 1. The Labute approximate surface area is 88.4 Å². The molecule has 82 valence electrons. The average Bonchev–Trinajstić information content (AvgIpc) is 2.42. The van der Waals surface area contributed by atoms with Gasteiger partial charge in [-0.05, 0) is 19.3 Å². The van der Waals surface area contributed by atoms with Gasteiger partial charge < -0.3 is 10.2 Å². The Bertz CT molecular complexity index is 290. The summed E-state index contributed by atoms with van der Waals surface area (Å²) in [7, 11) is 0. The van der Waals surface area contributed by atoms with Crippen LogP contribution in [-0.4, -0.2) is 53.5 Å². The molecule has 1 aliphatic carbocycles. The van der Waals surface area contributed by atoms with Gasteiger partial charge in [0.2, 0.25) is 0 Å². The third-order valence-electron chi connectivity index (χ3n) is 3.66. The number of piperazine rings is 1. The normalized spacial score (nSPS) is 31.9. The third kappa shape index (κ3) is 1.19. The highest BCUT2D eigenvalue weighted by Gasteiger charge is 2.49. The van der Waals surface area contributed by atoms with Crippen LogP contribution in [0.1, 0.15) is 19.3 Å². The van der Waals surface area contributed by atoms with Crippen LogP contribution in [0.2, 0.25) is 0 Å². The molecule has 3 fully saturated rings. The molecule has 1 saturated carbocycles. The molecule has 0 aromatic carbocycles. The predicted molar refractivity (Wildman–Crippen MR) is 53.2 cm³/mol. The van der Waals surface area contributed by atoms with E-state index in [2.05, 4.69) is 5.32 Å². The molecule has 3 amide bonds. The highest BCUT2D eigenvalue weighted by Crippen LogP contribution is 2.30. The van der Waals surface area contributed by atoms with Crippen LogP contribution in [0.3, 0.4) is 0 Å². The van der Waals surface area contributed by atoms with Gasteiger partial charge in [-0.2, -0.15) is 0 Å². The maximum Gasteiger partial charge on any atom is 0.327 e. The molecule has 15 heavy (non-hydrogen) atoms. The molecule has 2 saturated heterocycles. The van der Waals surface area contributed by atoms with Gasteiger partial charge in [0.1, 0.15) is 6.04 Å². The van der Waals surface area contributed by atoms with Gasteiger partial charge >= 0.3 is 6.03 Å². The number of carbonyl (C=O) groups is 2. The van der Waals surface area contributed by atoms with Crippen LogP contribution in [0.5, 0.6) is 0 Å². The maximum absolute atomic E-state index is 12.0. The van der Waals surface area contributed by atoms with Gasteiger partial charge in [-0.1, -0.05) is 0 Å². The predicted octanol–water partition coefficient (Wildman–Crippen LogP) is -0.225. The molecule has 0 aromatic rings. The molecule has 1 atom stereocenters. The summed E-state index contributed by atoms with van der Waals surface area (Å²) in [6.45, 7) is 2.08. The summed E-state index contributed by atoms with van der Waals surface area (Å²) in [6.07, 6.45) is 3.13. The number of imide groups is 1. The first kappa shape index (κ1) is 9.15. The summed E-state index contributed by atoms with van der Waals surface area (Å²) < 4.78 is 0. The number of rotatable bonds is 1. The van der Waals surface area contributed by atoms with Gasteiger partial charge in [0.25, 0.3) is 5.91 Å². The quantitative estimate of drug-likeness (QED) is 0.607. The van der Waals surface area contributed by atoms with Crippen molar-refractivity contribution in [1.29, 1.82) is 0 Å². The molecular weight excluding hydrogens is 194 g/mol. The lowest BCUT2D eigenvalue weighted by Crippen LogP contribution is -2.51. The highest BCUT2D eigenvalue weighted by molar-refractivity contribution is 6.04. The van der Waals surface area contributed by atoms with Crippen LogP contribution in [0.4, 0.5) is 4.79 Å². The molecule has 3 rings (SSSR count). The molecule has 3 aliphatic rings. The van der Waals surface area contributed by atoms with E-state index in [-0.39, 0.29) is 24.0 Å². The van der Waals surface area contributed by atoms with Gasteiger partial charge in [-0.25, -0.2) is 4.79 Å². The van der Waals surface area contributed by atoms with Gasteiger partial charge in [0.15, 0.2) is 0 Å². The van der Waals surface area contributed by atoms with Crippen LogP contribution in [-0.2, 0) is 4.79 Å². The molecule has 1 N–H and O–H groups in total. The number of nitrogens with zero attached hydrogens (tertiary/aromatic N) is 2. The van der Waals surface area contributed by atoms with E-state index >= 15 is 0 Å². The number of amides is 3. The molecule has 2 aliphatic heterocycles. The Hall–Kier alpha value is -1.10. The second kappa shape index (κ2) is 3.20. The Morgan fingerprint density at radius 3 is 2.67 bits per heavy atom. The Balaban J connectivity index is 1.84. The highest BCUT2D eigenvalue weighted by atomic mass is 16.2. The van der Waals surface area contributed by atoms with Gasteiger partial charge in [-0.15, -0.1) is 0 Å². The van der Waals surface area contributed by atoms with Crippen molar-refractivity contribution in [3.8, 4) is 0 Å². The standard InChI is InChI=1S/C10H15N3O2/c14-9-8-6-11-4-5-12(8)10(15)13(9)7-2-1-3-7/h7-8,11H,1-6H2. The number of hydrogen-bond acceptors (Lipinski definition) is 3. The van der Waals surface area contributed by atoms with E-state index in [1.165, 1.54) is 4.90 Å². The van der Waals surface area contributed by atoms with E-state index in [1.807, 2.05) is 0 Å². The van der Waals surface area contributed by atoms with Crippen molar-refractivity contribution < 1.29 is 9.59 Å². The van der Waals surface area contributed by atoms with Crippen LogP contribution in [0.15, 0.2) is 0 Å². The summed E-state index contributed by atoms with van der Waals surface area (Å²) >= 11 is 0. The minimum absolute atomic E-state index is 0.0110. The van der Waals surface area contributed by atoms with Gasteiger partial charge in [0, 0.05) is 25.7 Å². The largest absolute Gasteiger partial charge is 0.327 e. The molecule has 5 heteroatoms. The number of fused-ring (bicyclic) bond motifs is 1. The van der Waals surface area contributed by atoms with Crippen molar-refractivity contribution in [3.05, 3.63) is 0 Å². The second-order valence-electron chi connectivity index (χ2n) is 4.49. The average molecular weight is 209 g/mol. The SMILES string of the molecule is O=C1C2CNCCN2C(=O)N1C1CCC1. The summed E-state index contributed by atoms with van der Waals surface area (Å²) in [5.41, 5.74) is 0. The van der Waals surface area contributed by atoms with Crippen LogP contribution in [0.25, 0.3) is 0 Å². The van der Waals surface area contributed by atoms with E-state index in [4.69, 9.17) is 0 Å². The molecule has 1 unspecified atom stereocenters. The monoisotopic (exact) mass is 209 g/mol. The Morgan fingerprint density at radius 2 is 2.07 bits per heavy atom. The molecular formula is C10H15N3O2. The summed E-state index contributed by atoms with van der Waals surface area (Å²) in [6, 6.07) is -0.0985. The smallest absolute Gasteiger partial charge is 0.312 e. The van der Waals surface area contributed by atoms with E-state index < -0.39 is 0 Å². The van der Waals surface area contributed by atoms with Crippen LogP contribution in [0, 0.1) is 0 Å². The topological polar surface area (TPSA) is 52.7 Å². The fourth-order valence-electron chi connectivity index (χ4n) is 2.53. The Kier molecular flexibility index (Phi) is 1.95. The van der Waals surface area contributed by atoms with E-state index in [0.717, 1.165) is 25.8 Å². The first-order chi connectivity index (χ1) is 7.29. The molecule has 0 spiro atoms. The lowest BCUT2D eigenvalue weighted by molar-refractivity contribution is -0.131. The minimum atomic E-state index is -0.230. The minimum Gasteiger partial charge on any atom is -0.312 e.